The summed E-state index contributed by atoms with van der Waals surface area (Å²) in [7, 11) is 0. The third-order valence-corrected chi connectivity index (χ3v) is 5.24. The third-order valence-electron chi connectivity index (χ3n) is 5.24. The highest BCUT2D eigenvalue weighted by Gasteiger charge is 2.37. The van der Waals surface area contributed by atoms with Crippen LogP contribution in [-0.2, 0) is 0 Å². The molecule has 2 aliphatic heterocycles. The van der Waals surface area contributed by atoms with Crippen molar-refractivity contribution in [1.29, 1.82) is 0 Å². The van der Waals surface area contributed by atoms with Crippen LogP contribution in [0.3, 0.4) is 0 Å². The Bertz CT molecular complexity index is 415. The molecule has 2 nitrogen and oxygen atoms in total. The molecule has 1 aromatic carbocycles. The van der Waals surface area contributed by atoms with Crippen molar-refractivity contribution in [2.45, 2.75) is 51.1 Å². The van der Waals surface area contributed by atoms with E-state index in [0.717, 1.165) is 18.6 Å². The summed E-state index contributed by atoms with van der Waals surface area (Å²) in [6.45, 7) is 8.44. The van der Waals surface area contributed by atoms with Gasteiger partial charge in [0.05, 0.1) is 0 Å². The van der Waals surface area contributed by atoms with Crippen molar-refractivity contribution < 1.29 is 0 Å². The van der Waals surface area contributed by atoms with Crippen LogP contribution in [0.15, 0.2) is 30.3 Å². The second kappa shape index (κ2) is 6.28. The van der Waals surface area contributed by atoms with Crippen LogP contribution in [0.5, 0.6) is 0 Å². The smallest absolute Gasteiger partial charge is 0.0250 e. The topological polar surface area (TPSA) is 15.3 Å². The van der Waals surface area contributed by atoms with E-state index in [2.05, 4.69) is 54.4 Å². The van der Waals surface area contributed by atoms with Crippen LogP contribution in [0.4, 0.5) is 0 Å². The molecule has 0 saturated carbocycles. The van der Waals surface area contributed by atoms with Gasteiger partial charge in [-0.3, -0.25) is 4.90 Å². The Morgan fingerprint density at radius 1 is 1.15 bits per heavy atom. The fourth-order valence-electron chi connectivity index (χ4n) is 4.04. The molecule has 0 radical (unpaired) electrons. The lowest BCUT2D eigenvalue weighted by Gasteiger charge is -2.27. The minimum absolute atomic E-state index is 0.631. The first-order chi connectivity index (χ1) is 9.75. The molecule has 2 aliphatic rings. The van der Waals surface area contributed by atoms with Crippen molar-refractivity contribution in [3.63, 3.8) is 0 Å². The summed E-state index contributed by atoms with van der Waals surface area (Å²) in [5.41, 5.74) is 1.48. The number of benzene rings is 1. The lowest BCUT2D eigenvalue weighted by atomic mass is 9.88. The molecule has 2 fully saturated rings. The zero-order chi connectivity index (χ0) is 13.9. The van der Waals surface area contributed by atoms with Gasteiger partial charge >= 0.3 is 0 Å². The van der Waals surface area contributed by atoms with E-state index in [-0.39, 0.29) is 0 Å². The summed E-state index contributed by atoms with van der Waals surface area (Å²) < 4.78 is 0. The first-order valence-electron chi connectivity index (χ1n) is 8.28. The maximum atomic E-state index is 3.89. The molecule has 2 heterocycles. The summed E-state index contributed by atoms with van der Waals surface area (Å²) in [5, 5.41) is 3.89. The van der Waals surface area contributed by atoms with Crippen molar-refractivity contribution >= 4 is 0 Å². The number of nitrogens with one attached hydrogen (secondary N) is 1. The van der Waals surface area contributed by atoms with Gasteiger partial charge in [0.15, 0.2) is 0 Å². The Hall–Kier alpha value is -0.860. The third kappa shape index (κ3) is 2.91. The zero-order valence-corrected chi connectivity index (χ0v) is 12.9. The van der Waals surface area contributed by atoms with E-state index in [0.29, 0.717) is 11.8 Å². The molecular weight excluding hydrogens is 244 g/mol. The Labute approximate surface area is 123 Å². The molecule has 3 rings (SSSR count). The summed E-state index contributed by atoms with van der Waals surface area (Å²) >= 11 is 0. The van der Waals surface area contributed by atoms with Crippen LogP contribution >= 0.6 is 0 Å². The first-order valence-corrected chi connectivity index (χ1v) is 8.28. The Balaban J connectivity index is 1.60. The van der Waals surface area contributed by atoms with Crippen LogP contribution in [-0.4, -0.2) is 36.6 Å². The van der Waals surface area contributed by atoms with E-state index in [1.54, 1.807) is 0 Å². The van der Waals surface area contributed by atoms with Gasteiger partial charge in [-0.2, -0.15) is 0 Å². The predicted molar refractivity (Wildman–Crippen MR) is 85.0 cm³/mol. The summed E-state index contributed by atoms with van der Waals surface area (Å²) in [6, 6.07) is 12.5. The molecular formula is C18H28N2. The monoisotopic (exact) mass is 272 g/mol. The molecule has 3 atom stereocenters. The van der Waals surface area contributed by atoms with Gasteiger partial charge in [0.2, 0.25) is 0 Å². The largest absolute Gasteiger partial charge is 0.312 e. The van der Waals surface area contributed by atoms with Crippen LogP contribution < -0.4 is 5.32 Å². The van der Waals surface area contributed by atoms with E-state index in [1.807, 2.05) is 0 Å². The highest BCUT2D eigenvalue weighted by molar-refractivity contribution is 5.20. The van der Waals surface area contributed by atoms with Crippen molar-refractivity contribution in [1.82, 2.24) is 10.2 Å². The molecule has 0 bridgehead atoms. The molecule has 0 aromatic heterocycles. The van der Waals surface area contributed by atoms with Gasteiger partial charge in [0, 0.05) is 25.2 Å². The number of hydrogen-bond acceptors (Lipinski definition) is 2. The molecule has 1 N–H and O–H groups in total. The van der Waals surface area contributed by atoms with Gasteiger partial charge in [0.1, 0.15) is 0 Å². The van der Waals surface area contributed by atoms with Gasteiger partial charge in [-0.05, 0) is 43.2 Å². The summed E-state index contributed by atoms with van der Waals surface area (Å²) in [4.78, 5) is 2.69. The number of fused-ring (bicyclic) bond motifs is 1. The van der Waals surface area contributed by atoms with Crippen LogP contribution in [0, 0.1) is 5.92 Å². The summed E-state index contributed by atoms with van der Waals surface area (Å²) in [5.74, 6) is 1.32. The maximum absolute atomic E-state index is 3.89. The second-order valence-corrected chi connectivity index (χ2v) is 6.81. The van der Waals surface area contributed by atoms with Crippen molar-refractivity contribution in [3.8, 4) is 0 Å². The molecule has 2 heteroatoms. The fourth-order valence-corrected chi connectivity index (χ4v) is 4.04. The Morgan fingerprint density at radius 3 is 2.70 bits per heavy atom. The molecule has 3 unspecified atom stereocenters. The molecule has 0 amide bonds. The Morgan fingerprint density at radius 2 is 1.95 bits per heavy atom. The van der Waals surface area contributed by atoms with Crippen LogP contribution in [0.1, 0.15) is 44.6 Å². The normalized spacial score (nSPS) is 27.9. The lowest BCUT2D eigenvalue weighted by molar-refractivity contribution is 0.294. The van der Waals surface area contributed by atoms with Gasteiger partial charge in [-0.25, -0.2) is 0 Å². The van der Waals surface area contributed by atoms with Crippen molar-refractivity contribution in [2.24, 2.45) is 5.92 Å². The molecule has 2 saturated heterocycles. The number of hydrogen-bond donors (Lipinski definition) is 1. The Kier molecular flexibility index (Phi) is 4.42. The molecule has 20 heavy (non-hydrogen) atoms. The second-order valence-electron chi connectivity index (χ2n) is 6.81. The van der Waals surface area contributed by atoms with E-state index >= 15 is 0 Å². The number of rotatable bonds is 5. The van der Waals surface area contributed by atoms with Gasteiger partial charge < -0.3 is 5.32 Å². The van der Waals surface area contributed by atoms with Crippen LogP contribution in [0.2, 0.25) is 0 Å². The van der Waals surface area contributed by atoms with Gasteiger partial charge in [0.25, 0.3) is 0 Å². The average Bonchev–Trinajstić information content (AvgIpc) is 3.04. The van der Waals surface area contributed by atoms with Crippen molar-refractivity contribution in [2.75, 3.05) is 19.6 Å². The summed E-state index contributed by atoms with van der Waals surface area (Å²) in [6.07, 6.45) is 4.13. The van der Waals surface area contributed by atoms with E-state index in [4.69, 9.17) is 0 Å². The maximum Gasteiger partial charge on any atom is 0.0250 e. The lowest BCUT2D eigenvalue weighted by Crippen LogP contribution is -2.41. The molecule has 0 spiro atoms. The SMILES string of the molecule is CC(C)C(CNC1CCN2CCCC12)c1ccccc1. The molecule has 1 aromatic rings. The zero-order valence-electron chi connectivity index (χ0n) is 12.9. The van der Waals surface area contributed by atoms with E-state index in [1.165, 1.54) is 37.9 Å². The number of nitrogens with zero attached hydrogens (tertiary/aromatic N) is 1. The molecule has 110 valence electrons. The highest BCUT2D eigenvalue weighted by Crippen LogP contribution is 2.29. The predicted octanol–water partition coefficient (Wildman–Crippen LogP) is 3.25. The van der Waals surface area contributed by atoms with Gasteiger partial charge in [-0.15, -0.1) is 0 Å². The first kappa shape index (κ1) is 14.1. The highest BCUT2D eigenvalue weighted by atomic mass is 15.2. The minimum atomic E-state index is 0.631. The molecule has 0 aliphatic carbocycles. The van der Waals surface area contributed by atoms with E-state index < -0.39 is 0 Å². The quantitative estimate of drug-likeness (QED) is 0.885. The standard InChI is InChI=1S/C18H28N2/c1-14(2)16(15-7-4-3-5-8-15)13-19-17-10-12-20-11-6-9-18(17)20/h3-5,7-8,14,16-19H,6,9-13H2,1-2H3. The van der Waals surface area contributed by atoms with E-state index in [9.17, 15) is 0 Å². The fraction of sp³-hybridized carbons (Fsp3) is 0.667. The van der Waals surface area contributed by atoms with Crippen molar-refractivity contribution in [3.05, 3.63) is 35.9 Å². The van der Waals surface area contributed by atoms with Crippen LogP contribution in [0.25, 0.3) is 0 Å². The van der Waals surface area contributed by atoms with Gasteiger partial charge in [-0.1, -0.05) is 44.2 Å². The minimum Gasteiger partial charge on any atom is -0.312 e. The average molecular weight is 272 g/mol.